The Hall–Kier alpha value is -3.40. The van der Waals surface area contributed by atoms with E-state index in [1.54, 1.807) is 0 Å². The summed E-state index contributed by atoms with van der Waals surface area (Å²) in [6, 6.07) is 10.4. The van der Waals surface area contributed by atoms with Crippen LogP contribution in [0.25, 0.3) is 0 Å². The van der Waals surface area contributed by atoms with Gasteiger partial charge in [-0.1, -0.05) is 18.2 Å². The number of guanidine groups is 1. The fraction of sp³-hybridized carbons (Fsp3) is 0.333. The molecule has 3 aliphatic rings. The molecule has 2 N–H and O–H groups in total. The van der Waals surface area contributed by atoms with Crippen LogP contribution in [0.1, 0.15) is 23.1 Å². The summed E-state index contributed by atoms with van der Waals surface area (Å²) in [6.07, 6.45) is -4.08. The van der Waals surface area contributed by atoms with Gasteiger partial charge in [0.15, 0.2) is 0 Å². The van der Waals surface area contributed by atoms with Crippen molar-refractivity contribution >= 4 is 17.6 Å². The van der Waals surface area contributed by atoms with Gasteiger partial charge in [-0.3, -0.25) is 19.6 Å². The molecular formula is C24H23F4N5O. The number of hydrogen-bond acceptors (Lipinski definition) is 5. The van der Waals surface area contributed by atoms with Crippen molar-refractivity contribution in [1.29, 1.82) is 0 Å². The normalized spacial score (nSPS) is 18.8. The highest BCUT2D eigenvalue weighted by Gasteiger charge is 2.41. The Kier molecular flexibility index (Phi) is 5.55. The monoisotopic (exact) mass is 473 g/mol. The van der Waals surface area contributed by atoms with Crippen molar-refractivity contribution in [2.45, 2.75) is 25.7 Å². The number of rotatable bonds is 4. The smallest absolute Gasteiger partial charge is 0.399 e. The van der Waals surface area contributed by atoms with Crippen LogP contribution in [0.5, 0.6) is 0 Å². The van der Waals surface area contributed by atoms with E-state index >= 15 is 0 Å². The Balaban J connectivity index is 1.38. The molecule has 5 rings (SSSR count). The molecule has 0 bridgehead atoms. The highest BCUT2D eigenvalue weighted by atomic mass is 19.4. The van der Waals surface area contributed by atoms with E-state index in [1.807, 2.05) is 29.2 Å². The lowest BCUT2D eigenvalue weighted by Crippen LogP contribution is -2.53. The van der Waals surface area contributed by atoms with E-state index in [0.717, 1.165) is 23.9 Å². The Morgan fingerprint density at radius 3 is 2.44 bits per heavy atom. The predicted molar refractivity (Wildman–Crippen MR) is 119 cm³/mol. The van der Waals surface area contributed by atoms with Gasteiger partial charge in [0.05, 0.1) is 24.2 Å². The van der Waals surface area contributed by atoms with Gasteiger partial charge in [0, 0.05) is 44.0 Å². The quantitative estimate of drug-likeness (QED) is 0.545. The number of fused-ring (bicyclic) bond motifs is 2. The Bertz CT molecular complexity index is 1190. The highest BCUT2D eigenvalue weighted by molar-refractivity contribution is 6.09. The van der Waals surface area contributed by atoms with Crippen molar-refractivity contribution in [2.75, 3.05) is 31.9 Å². The highest BCUT2D eigenvalue weighted by Crippen LogP contribution is 2.34. The van der Waals surface area contributed by atoms with Crippen molar-refractivity contribution in [2.24, 2.45) is 4.99 Å². The topological polar surface area (TPSA) is 65.2 Å². The molecule has 0 saturated heterocycles. The predicted octanol–water partition coefficient (Wildman–Crippen LogP) is 3.60. The van der Waals surface area contributed by atoms with Crippen LogP contribution in [0.15, 0.2) is 58.7 Å². The number of carbonyl (C=O) groups is 1. The van der Waals surface area contributed by atoms with Crippen LogP contribution < -0.4 is 5.73 Å². The molecule has 178 valence electrons. The lowest BCUT2D eigenvalue weighted by molar-refractivity contribution is -0.140. The number of aliphatic imine (C=N–C) groups is 1. The maximum atomic E-state index is 14.1. The molecule has 0 saturated carbocycles. The molecule has 6 nitrogen and oxygen atoms in total. The minimum Gasteiger partial charge on any atom is -0.399 e. The summed E-state index contributed by atoms with van der Waals surface area (Å²) < 4.78 is 52.9. The second kappa shape index (κ2) is 8.43. The van der Waals surface area contributed by atoms with E-state index in [-0.39, 0.29) is 18.0 Å². The molecule has 10 heteroatoms. The van der Waals surface area contributed by atoms with Crippen LogP contribution in [0.2, 0.25) is 0 Å². The molecule has 0 unspecified atom stereocenters. The SMILES string of the molecule is Nc1ccc(CN2CCC3=C(C2)C(=O)N(Cc2ccc(C(F)(F)F)c(F)c2)C2=NCCN23)cc1. The van der Waals surface area contributed by atoms with E-state index < -0.39 is 17.6 Å². The summed E-state index contributed by atoms with van der Waals surface area (Å²) in [5, 5.41) is 0. The Labute approximate surface area is 193 Å². The number of nitrogens with zero attached hydrogens (tertiary/aromatic N) is 4. The lowest BCUT2D eigenvalue weighted by atomic mass is 9.99. The van der Waals surface area contributed by atoms with Gasteiger partial charge in [0.2, 0.25) is 5.96 Å². The molecule has 0 radical (unpaired) electrons. The fourth-order valence-electron chi connectivity index (χ4n) is 4.70. The number of alkyl halides is 3. The summed E-state index contributed by atoms with van der Waals surface area (Å²) in [4.78, 5) is 23.6. The first-order chi connectivity index (χ1) is 16.2. The van der Waals surface area contributed by atoms with Gasteiger partial charge in [0.25, 0.3) is 5.91 Å². The van der Waals surface area contributed by atoms with Crippen LogP contribution >= 0.6 is 0 Å². The summed E-state index contributed by atoms with van der Waals surface area (Å²) in [6.45, 7) is 2.99. The Morgan fingerprint density at radius 2 is 1.74 bits per heavy atom. The molecule has 1 amide bonds. The third-order valence-electron chi connectivity index (χ3n) is 6.35. The van der Waals surface area contributed by atoms with Gasteiger partial charge in [-0.25, -0.2) is 4.39 Å². The molecule has 0 atom stereocenters. The van der Waals surface area contributed by atoms with Gasteiger partial charge in [-0.15, -0.1) is 0 Å². The standard InChI is InChI=1S/C24H23F4N5O/c25-20-11-16(3-6-19(20)24(26,27)28)13-33-22(34)18-14-31(12-15-1-4-17(29)5-2-15)9-7-21(18)32-10-8-30-23(32)33/h1-6,11H,7-10,12-14,29H2. The van der Waals surface area contributed by atoms with Gasteiger partial charge in [-0.2, -0.15) is 13.2 Å². The molecule has 2 aromatic rings. The molecule has 2 aromatic carbocycles. The summed E-state index contributed by atoms with van der Waals surface area (Å²) in [5.74, 6) is -1.11. The van der Waals surface area contributed by atoms with Gasteiger partial charge < -0.3 is 10.6 Å². The third-order valence-corrected chi connectivity index (χ3v) is 6.35. The molecular weight excluding hydrogens is 450 g/mol. The summed E-state index contributed by atoms with van der Waals surface area (Å²) in [7, 11) is 0. The second-order valence-corrected chi connectivity index (χ2v) is 8.66. The average Bonchev–Trinajstić information content (AvgIpc) is 3.27. The van der Waals surface area contributed by atoms with Crippen LogP contribution in [-0.4, -0.2) is 52.7 Å². The number of nitrogens with two attached hydrogens (primary N) is 1. The molecule has 34 heavy (non-hydrogen) atoms. The van der Waals surface area contributed by atoms with Gasteiger partial charge >= 0.3 is 6.18 Å². The van der Waals surface area contributed by atoms with E-state index in [4.69, 9.17) is 5.73 Å². The average molecular weight is 473 g/mol. The minimum absolute atomic E-state index is 0.0576. The van der Waals surface area contributed by atoms with Crippen molar-refractivity contribution in [3.63, 3.8) is 0 Å². The van der Waals surface area contributed by atoms with Crippen LogP contribution in [0.4, 0.5) is 23.2 Å². The number of carbonyl (C=O) groups excluding carboxylic acids is 1. The maximum absolute atomic E-state index is 14.1. The lowest BCUT2D eigenvalue weighted by Gasteiger charge is -2.42. The number of amides is 1. The van der Waals surface area contributed by atoms with Crippen LogP contribution in [0.3, 0.4) is 0 Å². The largest absolute Gasteiger partial charge is 0.419 e. The van der Waals surface area contributed by atoms with Gasteiger partial charge in [-0.05, 0) is 35.4 Å². The van der Waals surface area contributed by atoms with E-state index in [1.165, 1.54) is 11.0 Å². The summed E-state index contributed by atoms with van der Waals surface area (Å²) >= 11 is 0. The molecule has 0 fully saturated rings. The number of nitrogen functional groups attached to an aromatic ring is 1. The zero-order chi connectivity index (χ0) is 24.0. The van der Waals surface area contributed by atoms with Crippen LogP contribution in [-0.2, 0) is 24.1 Å². The molecule has 0 aliphatic carbocycles. The van der Waals surface area contributed by atoms with Crippen molar-refractivity contribution in [3.05, 3.63) is 76.2 Å². The number of benzene rings is 2. The van der Waals surface area contributed by atoms with Crippen molar-refractivity contribution in [3.8, 4) is 0 Å². The summed E-state index contributed by atoms with van der Waals surface area (Å²) in [5.41, 5.74) is 8.08. The zero-order valence-electron chi connectivity index (χ0n) is 18.3. The van der Waals surface area contributed by atoms with Crippen molar-refractivity contribution < 1.29 is 22.4 Å². The molecule has 3 heterocycles. The molecule has 0 spiro atoms. The van der Waals surface area contributed by atoms with E-state index in [2.05, 4.69) is 9.89 Å². The number of halogens is 4. The zero-order valence-corrected chi connectivity index (χ0v) is 18.3. The second-order valence-electron chi connectivity index (χ2n) is 8.66. The molecule has 0 aromatic heterocycles. The Morgan fingerprint density at radius 1 is 1.00 bits per heavy atom. The number of anilines is 1. The van der Waals surface area contributed by atoms with E-state index in [0.29, 0.717) is 55.9 Å². The van der Waals surface area contributed by atoms with Crippen molar-refractivity contribution in [1.82, 2.24) is 14.7 Å². The maximum Gasteiger partial charge on any atom is 0.419 e. The van der Waals surface area contributed by atoms with Gasteiger partial charge in [0.1, 0.15) is 5.82 Å². The minimum atomic E-state index is -4.77. The number of hydrogen-bond donors (Lipinski definition) is 1. The molecule has 3 aliphatic heterocycles. The van der Waals surface area contributed by atoms with Crippen LogP contribution in [0, 0.1) is 5.82 Å². The fourth-order valence-corrected chi connectivity index (χ4v) is 4.70. The first kappa shape index (κ1) is 22.4. The first-order valence-electron chi connectivity index (χ1n) is 11.0. The first-order valence-corrected chi connectivity index (χ1v) is 11.0. The third kappa shape index (κ3) is 4.13. The van der Waals surface area contributed by atoms with E-state index in [9.17, 15) is 22.4 Å².